The van der Waals surface area contributed by atoms with E-state index >= 15 is 0 Å². The molecule has 1 aromatic carbocycles. The standard InChI is InChI=1S/C13H18N4O/c1-3-9(2)14-8-13(18)16-11-4-5-12-10(6-11)7-15-17-12/h4-7,9,14H,3,8H2,1-2H3,(H,15,17)(H,16,18). The number of amides is 1. The molecule has 0 saturated carbocycles. The Bertz CT molecular complexity index is 535. The number of hydrogen-bond donors (Lipinski definition) is 3. The predicted octanol–water partition coefficient (Wildman–Crippen LogP) is 1.89. The fraction of sp³-hybridized carbons (Fsp3) is 0.385. The van der Waals surface area contributed by atoms with Crippen molar-refractivity contribution in [1.82, 2.24) is 15.5 Å². The van der Waals surface area contributed by atoms with Gasteiger partial charge >= 0.3 is 0 Å². The minimum absolute atomic E-state index is 0.0295. The second-order valence-corrected chi connectivity index (χ2v) is 4.41. The van der Waals surface area contributed by atoms with Gasteiger partial charge in [-0.3, -0.25) is 9.89 Å². The maximum absolute atomic E-state index is 11.7. The molecule has 0 aliphatic carbocycles. The van der Waals surface area contributed by atoms with Gasteiger partial charge in [0.05, 0.1) is 18.3 Å². The molecule has 1 unspecified atom stereocenters. The number of carbonyl (C=O) groups excluding carboxylic acids is 1. The summed E-state index contributed by atoms with van der Waals surface area (Å²) in [5.41, 5.74) is 1.76. The summed E-state index contributed by atoms with van der Waals surface area (Å²) in [5.74, 6) is -0.0295. The minimum Gasteiger partial charge on any atom is -0.325 e. The van der Waals surface area contributed by atoms with E-state index in [1.165, 1.54) is 0 Å². The zero-order valence-corrected chi connectivity index (χ0v) is 10.7. The number of hydrogen-bond acceptors (Lipinski definition) is 3. The molecular weight excluding hydrogens is 228 g/mol. The molecule has 3 N–H and O–H groups in total. The lowest BCUT2D eigenvalue weighted by atomic mass is 10.2. The highest BCUT2D eigenvalue weighted by Gasteiger charge is 2.05. The van der Waals surface area contributed by atoms with Gasteiger partial charge in [0.15, 0.2) is 0 Å². The smallest absolute Gasteiger partial charge is 0.238 e. The zero-order chi connectivity index (χ0) is 13.0. The molecule has 0 aliphatic rings. The predicted molar refractivity (Wildman–Crippen MR) is 72.5 cm³/mol. The number of nitrogens with zero attached hydrogens (tertiary/aromatic N) is 1. The van der Waals surface area contributed by atoms with Gasteiger partial charge in [-0.1, -0.05) is 6.92 Å². The highest BCUT2D eigenvalue weighted by molar-refractivity contribution is 5.94. The Balaban J connectivity index is 1.94. The van der Waals surface area contributed by atoms with Gasteiger partial charge in [-0.2, -0.15) is 5.10 Å². The van der Waals surface area contributed by atoms with Gasteiger partial charge in [0, 0.05) is 17.1 Å². The molecule has 1 atom stereocenters. The van der Waals surface area contributed by atoms with Crippen molar-refractivity contribution >= 4 is 22.5 Å². The summed E-state index contributed by atoms with van der Waals surface area (Å²) < 4.78 is 0. The first-order chi connectivity index (χ1) is 8.69. The van der Waals surface area contributed by atoms with Crippen molar-refractivity contribution in [2.24, 2.45) is 0 Å². The number of anilines is 1. The Labute approximate surface area is 106 Å². The van der Waals surface area contributed by atoms with Gasteiger partial charge < -0.3 is 10.6 Å². The van der Waals surface area contributed by atoms with E-state index in [2.05, 4.69) is 34.7 Å². The fourth-order valence-electron chi connectivity index (χ4n) is 1.64. The van der Waals surface area contributed by atoms with Crippen molar-refractivity contribution in [3.63, 3.8) is 0 Å². The quantitative estimate of drug-likeness (QED) is 0.754. The molecule has 0 bridgehead atoms. The molecule has 2 aromatic rings. The summed E-state index contributed by atoms with van der Waals surface area (Å²) in [5, 5.41) is 13.8. The number of aromatic nitrogens is 2. The second-order valence-electron chi connectivity index (χ2n) is 4.41. The Morgan fingerprint density at radius 2 is 2.33 bits per heavy atom. The maximum atomic E-state index is 11.7. The van der Waals surface area contributed by atoms with E-state index in [-0.39, 0.29) is 5.91 Å². The first-order valence-electron chi connectivity index (χ1n) is 6.15. The highest BCUT2D eigenvalue weighted by Crippen LogP contribution is 2.16. The Morgan fingerprint density at radius 3 is 3.11 bits per heavy atom. The van der Waals surface area contributed by atoms with Crippen LogP contribution >= 0.6 is 0 Å². The fourth-order valence-corrected chi connectivity index (χ4v) is 1.64. The summed E-state index contributed by atoms with van der Waals surface area (Å²) in [7, 11) is 0. The lowest BCUT2D eigenvalue weighted by Crippen LogP contribution is -2.33. The third kappa shape index (κ3) is 3.07. The monoisotopic (exact) mass is 246 g/mol. The number of H-pyrrole nitrogens is 1. The minimum atomic E-state index is -0.0295. The topological polar surface area (TPSA) is 69.8 Å². The largest absolute Gasteiger partial charge is 0.325 e. The third-order valence-electron chi connectivity index (χ3n) is 2.95. The number of rotatable bonds is 5. The van der Waals surface area contributed by atoms with E-state index < -0.39 is 0 Å². The lowest BCUT2D eigenvalue weighted by molar-refractivity contribution is -0.115. The molecule has 0 radical (unpaired) electrons. The van der Waals surface area contributed by atoms with E-state index in [1.807, 2.05) is 18.2 Å². The van der Waals surface area contributed by atoms with E-state index in [0.717, 1.165) is 23.0 Å². The Morgan fingerprint density at radius 1 is 1.50 bits per heavy atom. The van der Waals surface area contributed by atoms with Gasteiger partial charge in [0.2, 0.25) is 5.91 Å². The van der Waals surface area contributed by atoms with Crippen LogP contribution in [0.1, 0.15) is 20.3 Å². The van der Waals surface area contributed by atoms with Crippen molar-refractivity contribution in [1.29, 1.82) is 0 Å². The lowest BCUT2D eigenvalue weighted by Gasteiger charge is -2.11. The van der Waals surface area contributed by atoms with Crippen molar-refractivity contribution in [2.75, 3.05) is 11.9 Å². The van der Waals surface area contributed by atoms with Gasteiger partial charge in [0.1, 0.15) is 0 Å². The van der Waals surface area contributed by atoms with E-state index in [0.29, 0.717) is 12.6 Å². The van der Waals surface area contributed by atoms with Crippen molar-refractivity contribution < 1.29 is 4.79 Å². The molecule has 0 saturated heterocycles. The molecule has 2 rings (SSSR count). The van der Waals surface area contributed by atoms with Gasteiger partial charge in [-0.25, -0.2) is 0 Å². The maximum Gasteiger partial charge on any atom is 0.238 e. The van der Waals surface area contributed by atoms with Crippen LogP contribution in [0.2, 0.25) is 0 Å². The van der Waals surface area contributed by atoms with Crippen LogP contribution in [-0.2, 0) is 4.79 Å². The van der Waals surface area contributed by atoms with Crippen LogP contribution in [0.3, 0.4) is 0 Å². The van der Waals surface area contributed by atoms with Gasteiger partial charge in [-0.15, -0.1) is 0 Å². The molecule has 18 heavy (non-hydrogen) atoms. The first-order valence-corrected chi connectivity index (χ1v) is 6.15. The zero-order valence-electron chi connectivity index (χ0n) is 10.7. The molecule has 0 aliphatic heterocycles. The number of benzene rings is 1. The molecule has 1 aromatic heterocycles. The number of fused-ring (bicyclic) bond motifs is 1. The SMILES string of the molecule is CCC(C)NCC(=O)Nc1ccc2[nH]ncc2c1. The summed E-state index contributed by atoms with van der Waals surface area (Å²) >= 11 is 0. The third-order valence-corrected chi connectivity index (χ3v) is 2.95. The van der Waals surface area contributed by atoms with E-state index in [1.54, 1.807) is 6.20 Å². The molecule has 5 heteroatoms. The summed E-state index contributed by atoms with van der Waals surface area (Å²) in [6.45, 7) is 4.48. The number of nitrogens with one attached hydrogen (secondary N) is 3. The van der Waals surface area contributed by atoms with Crippen LogP contribution in [-0.4, -0.2) is 28.7 Å². The van der Waals surface area contributed by atoms with Crippen LogP contribution in [0.5, 0.6) is 0 Å². The molecule has 5 nitrogen and oxygen atoms in total. The molecule has 96 valence electrons. The summed E-state index contributed by atoms with van der Waals surface area (Å²) in [6.07, 6.45) is 2.75. The Hall–Kier alpha value is -1.88. The van der Waals surface area contributed by atoms with Crippen molar-refractivity contribution in [3.05, 3.63) is 24.4 Å². The molecule has 0 spiro atoms. The molecule has 1 heterocycles. The van der Waals surface area contributed by atoms with Crippen LogP contribution < -0.4 is 10.6 Å². The van der Waals surface area contributed by atoms with Crippen LogP contribution in [0.25, 0.3) is 10.9 Å². The van der Waals surface area contributed by atoms with Crippen LogP contribution in [0, 0.1) is 0 Å². The van der Waals surface area contributed by atoms with Gasteiger partial charge in [-0.05, 0) is 31.5 Å². The summed E-state index contributed by atoms with van der Waals surface area (Å²) in [4.78, 5) is 11.7. The molecule has 1 amide bonds. The normalized spacial score (nSPS) is 12.6. The number of carbonyl (C=O) groups is 1. The van der Waals surface area contributed by atoms with Crippen LogP contribution in [0.4, 0.5) is 5.69 Å². The van der Waals surface area contributed by atoms with Crippen molar-refractivity contribution in [2.45, 2.75) is 26.3 Å². The second kappa shape index (κ2) is 5.64. The number of aromatic amines is 1. The molecule has 0 fully saturated rings. The van der Waals surface area contributed by atoms with Gasteiger partial charge in [0.25, 0.3) is 0 Å². The van der Waals surface area contributed by atoms with Crippen LogP contribution in [0.15, 0.2) is 24.4 Å². The molecular formula is C13H18N4O. The van der Waals surface area contributed by atoms with Crippen molar-refractivity contribution in [3.8, 4) is 0 Å². The summed E-state index contributed by atoms with van der Waals surface area (Å²) in [6, 6.07) is 6.02. The first kappa shape index (κ1) is 12.6. The highest BCUT2D eigenvalue weighted by atomic mass is 16.1. The average Bonchev–Trinajstić information content (AvgIpc) is 2.83. The van der Waals surface area contributed by atoms with E-state index in [9.17, 15) is 4.79 Å². The van der Waals surface area contributed by atoms with E-state index in [4.69, 9.17) is 0 Å². The average molecular weight is 246 g/mol. The Kier molecular flexibility index (Phi) is 3.94.